The molecule has 1 atom stereocenters. The van der Waals surface area contributed by atoms with Crippen molar-refractivity contribution in [2.75, 3.05) is 6.54 Å². The standard InChI is InChI=1S/C16H20N4O2S/c1-11(2)16(22)19-8-12-6-17-10-20(12)14(9-19)15(21)18-7-13-4-3-5-23-13/h3-6,10-11,14H,7-9H2,1-2H3,(H,18,21)/t14-/m0/s1. The van der Waals surface area contributed by atoms with Gasteiger partial charge in [0.05, 0.1) is 31.7 Å². The molecule has 3 rings (SSSR count). The number of hydrogen-bond acceptors (Lipinski definition) is 4. The molecule has 6 nitrogen and oxygen atoms in total. The molecule has 2 aromatic heterocycles. The fraction of sp³-hybridized carbons (Fsp3) is 0.438. The van der Waals surface area contributed by atoms with Crippen molar-refractivity contribution in [3.05, 3.63) is 40.6 Å². The number of amides is 2. The van der Waals surface area contributed by atoms with Crippen LogP contribution in [0.5, 0.6) is 0 Å². The van der Waals surface area contributed by atoms with E-state index in [1.165, 1.54) is 0 Å². The number of fused-ring (bicyclic) bond motifs is 1. The summed E-state index contributed by atoms with van der Waals surface area (Å²) in [6.45, 7) is 5.15. The monoisotopic (exact) mass is 332 g/mol. The second-order valence-electron chi connectivity index (χ2n) is 5.98. The van der Waals surface area contributed by atoms with Gasteiger partial charge >= 0.3 is 0 Å². The van der Waals surface area contributed by atoms with Crippen LogP contribution in [0.4, 0.5) is 0 Å². The molecular weight excluding hydrogens is 312 g/mol. The third kappa shape index (κ3) is 3.29. The predicted octanol–water partition coefficient (Wildman–Crippen LogP) is 1.80. The second-order valence-corrected chi connectivity index (χ2v) is 7.01. The number of rotatable bonds is 4. The lowest BCUT2D eigenvalue weighted by molar-refractivity contribution is -0.138. The molecular formula is C16H20N4O2S. The zero-order valence-corrected chi connectivity index (χ0v) is 14.0. The van der Waals surface area contributed by atoms with E-state index in [0.29, 0.717) is 19.6 Å². The minimum atomic E-state index is -0.427. The van der Waals surface area contributed by atoms with Crippen molar-refractivity contribution in [3.63, 3.8) is 0 Å². The summed E-state index contributed by atoms with van der Waals surface area (Å²) in [6.07, 6.45) is 3.39. The molecule has 0 unspecified atom stereocenters. The molecule has 1 aliphatic rings. The Morgan fingerprint density at radius 2 is 2.30 bits per heavy atom. The Kier molecular flexibility index (Phi) is 4.47. The van der Waals surface area contributed by atoms with E-state index >= 15 is 0 Å². The van der Waals surface area contributed by atoms with Crippen LogP contribution < -0.4 is 5.32 Å². The summed E-state index contributed by atoms with van der Waals surface area (Å²) in [5.74, 6) is -0.105. The molecule has 2 aromatic rings. The Morgan fingerprint density at radius 3 is 3.00 bits per heavy atom. The summed E-state index contributed by atoms with van der Waals surface area (Å²) in [5.41, 5.74) is 0.890. The van der Waals surface area contributed by atoms with Gasteiger partial charge in [-0.3, -0.25) is 9.59 Å². The van der Waals surface area contributed by atoms with Crippen molar-refractivity contribution < 1.29 is 9.59 Å². The molecule has 1 aliphatic heterocycles. The van der Waals surface area contributed by atoms with Crippen LogP contribution in [0.25, 0.3) is 0 Å². The van der Waals surface area contributed by atoms with Crippen molar-refractivity contribution >= 4 is 23.2 Å². The predicted molar refractivity (Wildman–Crippen MR) is 87.7 cm³/mol. The lowest BCUT2D eigenvalue weighted by Crippen LogP contribution is -2.47. The molecule has 0 saturated carbocycles. The normalized spacial score (nSPS) is 17.2. The Balaban J connectivity index is 1.74. The summed E-state index contributed by atoms with van der Waals surface area (Å²) in [5, 5.41) is 4.94. The zero-order chi connectivity index (χ0) is 16.4. The topological polar surface area (TPSA) is 67.2 Å². The van der Waals surface area contributed by atoms with Crippen LogP contribution in [-0.4, -0.2) is 32.8 Å². The summed E-state index contributed by atoms with van der Waals surface area (Å²) in [6, 6.07) is 3.52. The zero-order valence-electron chi connectivity index (χ0n) is 13.2. The quantitative estimate of drug-likeness (QED) is 0.928. The van der Waals surface area contributed by atoms with E-state index in [9.17, 15) is 9.59 Å². The lowest BCUT2D eigenvalue weighted by Gasteiger charge is -2.34. The highest BCUT2D eigenvalue weighted by atomic mass is 32.1. The van der Waals surface area contributed by atoms with Crippen molar-refractivity contribution in [1.82, 2.24) is 19.8 Å². The summed E-state index contributed by atoms with van der Waals surface area (Å²) >= 11 is 1.61. The number of hydrogen-bond donors (Lipinski definition) is 1. The molecule has 7 heteroatoms. The minimum absolute atomic E-state index is 0.0634. The van der Waals surface area contributed by atoms with Crippen molar-refractivity contribution in [3.8, 4) is 0 Å². The maximum Gasteiger partial charge on any atom is 0.245 e. The van der Waals surface area contributed by atoms with E-state index in [0.717, 1.165) is 10.6 Å². The van der Waals surface area contributed by atoms with Crippen LogP contribution in [0.2, 0.25) is 0 Å². The molecule has 0 radical (unpaired) electrons. The van der Waals surface area contributed by atoms with Crippen LogP contribution in [0, 0.1) is 5.92 Å². The van der Waals surface area contributed by atoms with E-state index in [2.05, 4.69) is 10.3 Å². The fourth-order valence-corrected chi connectivity index (χ4v) is 3.38. The largest absolute Gasteiger partial charge is 0.349 e. The van der Waals surface area contributed by atoms with Crippen molar-refractivity contribution in [2.24, 2.45) is 5.92 Å². The Bertz CT molecular complexity index is 693. The first kappa shape index (κ1) is 15.7. The molecule has 23 heavy (non-hydrogen) atoms. The average molecular weight is 332 g/mol. The summed E-state index contributed by atoms with van der Waals surface area (Å²) in [7, 11) is 0. The number of imidazole rings is 1. The number of aromatic nitrogens is 2. The van der Waals surface area contributed by atoms with E-state index in [-0.39, 0.29) is 17.7 Å². The van der Waals surface area contributed by atoms with Gasteiger partial charge in [-0.15, -0.1) is 11.3 Å². The van der Waals surface area contributed by atoms with E-state index < -0.39 is 6.04 Å². The number of thiophene rings is 1. The van der Waals surface area contributed by atoms with Crippen molar-refractivity contribution in [2.45, 2.75) is 33.0 Å². The second kappa shape index (κ2) is 6.54. The number of carbonyl (C=O) groups excluding carboxylic acids is 2. The van der Waals surface area contributed by atoms with Crippen LogP contribution in [0.3, 0.4) is 0 Å². The van der Waals surface area contributed by atoms with E-state index in [4.69, 9.17) is 0 Å². The van der Waals surface area contributed by atoms with Crippen LogP contribution in [-0.2, 0) is 22.7 Å². The van der Waals surface area contributed by atoms with Crippen LogP contribution in [0.15, 0.2) is 30.0 Å². The first-order chi connectivity index (χ1) is 11.1. The third-order valence-corrected chi connectivity index (χ3v) is 4.83. The van der Waals surface area contributed by atoms with Crippen molar-refractivity contribution in [1.29, 1.82) is 0 Å². The molecule has 0 saturated heterocycles. The van der Waals surface area contributed by atoms with Gasteiger partial charge in [0.15, 0.2) is 0 Å². The molecule has 2 amide bonds. The average Bonchev–Trinajstić information content (AvgIpc) is 3.21. The van der Waals surface area contributed by atoms with Gasteiger partial charge in [-0.1, -0.05) is 19.9 Å². The molecule has 0 aromatic carbocycles. The molecule has 0 bridgehead atoms. The van der Waals surface area contributed by atoms with E-state index in [1.807, 2.05) is 35.9 Å². The minimum Gasteiger partial charge on any atom is -0.349 e. The van der Waals surface area contributed by atoms with Gasteiger partial charge in [0.2, 0.25) is 11.8 Å². The highest BCUT2D eigenvalue weighted by Crippen LogP contribution is 2.22. The first-order valence-electron chi connectivity index (χ1n) is 7.66. The van der Waals surface area contributed by atoms with Gasteiger partial charge in [-0.25, -0.2) is 4.98 Å². The molecule has 1 N–H and O–H groups in total. The number of nitrogens with zero attached hydrogens (tertiary/aromatic N) is 3. The molecule has 3 heterocycles. The van der Waals surface area contributed by atoms with Gasteiger partial charge in [0.25, 0.3) is 0 Å². The maximum atomic E-state index is 12.6. The molecule has 0 spiro atoms. The van der Waals surface area contributed by atoms with E-state index in [1.54, 1.807) is 28.8 Å². The van der Waals surface area contributed by atoms with Crippen LogP contribution >= 0.6 is 11.3 Å². The van der Waals surface area contributed by atoms with Gasteiger partial charge in [0.1, 0.15) is 6.04 Å². The Labute approximate surface area is 139 Å². The molecule has 0 aliphatic carbocycles. The third-order valence-electron chi connectivity index (χ3n) is 3.95. The highest BCUT2D eigenvalue weighted by molar-refractivity contribution is 7.09. The Hall–Kier alpha value is -2.15. The number of nitrogens with one attached hydrogen (secondary N) is 1. The summed E-state index contributed by atoms with van der Waals surface area (Å²) in [4.78, 5) is 31.9. The van der Waals surface area contributed by atoms with Gasteiger partial charge in [-0.05, 0) is 11.4 Å². The summed E-state index contributed by atoms with van der Waals surface area (Å²) < 4.78 is 1.87. The first-order valence-corrected chi connectivity index (χ1v) is 8.54. The fourth-order valence-electron chi connectivity index (χ4n) is 2.74. The smallest absolute Gasteiger partial charge is 0.245 e. The van der Waals surface area contributed by atoms with Gasteiger partial charge in [-0.2, -0.15) is 0 Å². The molecule has 122 valence electrons. The number of carbonyl (C=O) groups is 2. The van der Waals surface area contributed by atoms with Crippen LogP contribution in [0.1, 0.15) is 30.5 Å². The molecule has 0 fully saturated rings. The Morgan fingerprint density at radius 1 is 1.48 bits per heavy atom. The highest BCUT2D eigenvalue weighted by Gasteiger charge is 2.32. The van der Waals surface area contributed by atoms with Gasteiger partial charge < -0.3 is 14.8 Å². The maximum absolute atomic E-state index is 12.6. The van der Waals surface area contributed by atoms with Gasteiger partial charge in [0, 0.05) is 17.0 Å². The lowest BCUT2D eigenvalue weighted by atomic mass is 10.1. The SMILES string of the molecule is CC(C)C(=O)N1Cc2cncn2[C@H](C(=O)NCc2cccs2)C1.